The standard InChI is InChI=1S/C26H29N5O/c1-20-25(22-11-7-4-8-12-22)26-27-23(21-9-5-3-6-10-21)19-24(31(26)28-20)30-15-13-29(14-16-30)17-18-32-2/h3-12,19H,13-18H2,1-2H3/p+1. The van der Waals surface area contributed by atoms with Crippen molar-refractivity contribution in [3.05, 3.63) is 72.4 Å². The van der Waals surface area contributed by atoms with Crippen LogP contribution in [0.4, 0.5) is 5.82 Å². The predicted octanol–water partition coefficient (Wildman–Crippen LogP) is 2.72. The molecule has 0 atom stereocenters. The molecule has 1 aliphatic rings. The average molecular weight is 429 g/mol. The molecular weight excluding hydrogens is 398 g/mol. The van der Waals surface area contributed by atoms with Gasteiger partial charge in [0.15, 0.2) is 5.65 Å². The van der Waals surface area contributed by atoms with Gasteiger partial charge in [-0.3, -0.25) is 0 Å². The monoisotopic (exact) mass is 428 g/mol. The van der Waals surface area contributed by atoms with E-state index in [2.05, 4.69) is 66.4 Å². The summed E-state index contributed by atoms with van der Waals surface area (Å²) in [7, 11) is 1.78. The summed E-state index contributed by atoms with van der Waals surface area (Å²) in [5.41, 5.74) is 6.28. The van der Waals surface area contributed by atoms with E-state index in [0.29, 0.717) is 0 Å². The van der Waals surface area contributed by atoms with E-state index in [1.165, 1.54) is 0 Å². The number of hydrogen-bond acceptors (Lipinski definition) is 4. The molecule has 0 unspecified atom stereocenters. The first-order valence-electron chi connectivity index (χ1n) is 11.3. The van der Waals surface area contributed by atoms with Crippen molar-refractivity contribution in [1.82, 2.24) is 14.6 Å². The summed E-state index contributed by atoms with van der Waals surface area (Å²) in [6, 6.07) is 23.1. The molecule has 0 bridgehead atoms. The van der Waals surface area contributed by atoms with E-state index in [0.717, 1.165) is 78.9 Å². The summed E-state index contributed by atoms with van der Waals surface area (Å²) in [6.45, 7) is 8.13. The zero-order valence-electron chi connectivity index (χ0n) is 18.8. The zero-order valence-corrected chi connectivity index (χ0v) is 18.8. The van der Waals surface area contributed by atoms with Crippen molar-refractivity contribution >= 4 is 11.5 Å². The van der Waals surface area contributed by atoms with Crippen LogP contribution in [0.1, 0.15) is 5.69 Å². The Kier molecular flexibility index (Phi) is 5.88. The molecule has 6 heteroatoms. The molecule has 1 aliphatic heterocycles. The van der Waals surface area contributed by atoms with Gasteiger partial charge >= 0.3 is 0 Å². The highest BCUT2D eigenvalue weighted by Gasteiger charge is 2.25. The Labute approximate surface area is 189 Å². The first-order chi connectivity index (χ1) is 15.7. The highest BCUT2D eigenvalue weighted by atomic mass is 16.5. The van der Waals surface area contributed by atoms with Crippen LogP contribution in [0, 0.1) is 6.92 Å². The normalized spacial score (nSPS) is 14.9. The Morgan fingerprint density at radius 2 is 1.59 bits per heavy atom. The van der Waals surface area contributed by atoms with Crippen LogP contribution < -0.4 is 9.80 Å². The van der Waals surface area contributed by atoms with Crippen LogP contribution in [-0.2, 0) is 4.74 Å². The summed E-state index contributed by atoms with van der Waals surface area (Å²) < 4.78 is 7.33. The number of rotatable bonds is 6. The molecule has 2 aromatic heterocycles. The van der Waals surface area contributed by atoms with Crippen molar-refractivity contribution in [2.75, 3.05) is 51.3 Å². The number of fused-ring (bicyclic) bond motifs is 1. The number of quaternary nitrogens is 1. The number of nitrogens with one attached hydrogen (secondary N) is 1. The number of piperazine rings is 1. The molecule has 0 amide bonds. The Balaban J connectivity index is 1.61. The molecule has 164 valence electrons. The number of benzene rings is 2. The molecule has 1 saturated heterocycles. The number of aryl methyl sites for hydroxylation is 1. The van der Waals surface area contributed by atoms with Gasteiger partial charge in [-0.05, 0) is 12.5 Å². The van der Waals surface area contributed by atoms with Crippen LogP contribution in [0.5, 0.6) is 0 Å². The number of nitrogens with zero attached hydrogens (tertiary/aromatic N) is 4. The van der Waals surface area contributed by atoms with Gasteiger partial charge in [0, 0.05) is 24.3 Å². The Bertz CT molecular complexity index is 1180. The van der Waals surface area contributed by atoms with Crippen molar-refractivity contribution < 1.29 is 9.64 Å². The van der Waals surface area contributed by atoms with Gasteiger partial charge in [0.2, 0.25) is 0 Å². The summed E-state index contributed by atoms with van der Waals surface area (Å²) in [6.07, 6.45) is 0. The van der Waals surface area contributed by atoms with Gasteiger partial charge in [-0.2, -0.15) is 9.61 Å². The number of hydrogen-bond donors (Lipinski definition) is 1. The highest BCUT2D eigenvalue weighted by Crippen LogP contribution is 2.32. The van der Waals surface area contributed by atoms with Crippen molar-refractivity contribution in [3.8, 4) is 22.4 Å². The smallest absolute Gasteiger partial charge is 0.166 e. The Morgan fingerprint density at radius 3 is 2.25 bits per heavy atom. The lowest BCUT2D eigenvalue weighted by Gasteiger charge is -2.33. The molecule has 3 heterocycles. The second-order valence-corrected chi connectivity index (χ2v) is 8.41. The highest BCUT2D eigenvalue weighted by molar-refractivity contribution is 5.82. The topological polar surface area (TPSA) is 47.1 Å². The van der Waals surface area contributed by atoms with Gasteiger partial charge in [0.25, 0.3) is 0 Å². The number of aromatic nitrogens is 3. The van der Waals surface area contributed by atoms with Gasteiger partial charge in [0.05, 0.1) is 44.2 Å². The quantitative estimate of drug-likeness (QED) is 0.513. The molecular formula is C26H30N5O+. The van der Waals surface area contributed by atoms with Crippen molar-refractivity contribution in [3.63, 3.8) is 0 Å². The second-order valence-electron chi connectivity index (χ2n) is 8.41. The van der Waals surface area contributed by atoms with Crippen molar-refractivity contribution in [2.24, 2.45) is 0 Å². The summed E-state index contributed by atoms with van der Waals surface area (Å²) in [5, 5.41) is 4.95. The molecule has 6 nitrogen and oxygen atoms in total. The minimum absolute atomic E-state index is 0.811. The third-order valence-electron chi connectivity index (χ3n) is 6.33. The molecule has 0 saturated carbocycles. The average Bonchev–Trinajstić information content (AvgIpc) is 3.19. The predicted molar refractivity (Wildman–Crippen MR) is 128 cm³/mol. The van der Waals surface area contributed by atoms with Crippen LogP contribution in [0.2, 0.25) is 0 Å². The van der Waals surface area contributed by atoms with Gasteiger partial charge in [-0.1, -0.05) is 60.7 Å². The van der Waals surface area contributed by atoms with Gasteiger partial charge < -0.3 is 14.5 Å². The first kappa shape index (κ1) is 20.7. The number of anilines is 1. The molecule has 1 fully saturated rings. The molecule has 0 spiro atoms. The van der Waals surface area contributed by atoms with E-state index in [1.54, 1.807) is 12.0 Å². The molecule has 5 rings (SSSR count). The molecule has 1 N–H and O–H groups in total. The molecule has 0 radical (unpaired) electrons. The minimum Gasteiger partial charge on any atom is -0.379 e. The molecule has 0 aliphatic carbocycles. The summed E-state index contributed by atoms with van der Waals surface area (Å²) >= 11 is 0. The fourth-order valence-electron chi connectivity index (χ4n) is 4.58. The minimum atomic E-state index is 0.811. The Hall–Kier alpha value is -3.22. The van der Waals surface area contributed by atoms with Crippen molar-refractivity contribution in [2.45, 2.75) is 6.92 Å². The SMILES string of the molecule is COCC[NH+]1CCN(c2cc(-c3ccccc3)nc3c(-c4ccccc4)c(C)nn23)CC1. The molecule has 4 aromatic rings. The second kappa shape index (κ2) is 9.10. The maximum atomic E-state index is 5.28. The van der Waals surface area contributed by atoms with E-state index in [4.69, 9.17) is 14.8 Å². The largest absolute Gasteiger partial charge is 0.379 e. The van der Waals surface area contributed by atoms with E-state index < -0.39 is 0 Å². The van der Waals surface area contributed by atoms with Gasteiger partial charge in [-0.15, -0.1) is 0 Å². The van der Waals surface area contributed by atoms with Crippen LogP contribution in [0.15, 0.2) is 66.7 Å². The van der Waals surface area contributed by atoms with Gasteiger partial charge in [-0.25, -0.2) is 4.98 Å². The maximum absolute atomic E-state index is 5.28. The third-order valence-corrected chi connectivity index (χ3v) is 6.33. The van der Waals surface area contributed by atoms with Crippen LogP contribution in [0.3, 0.4) is 0 Å². The van der Waals surface area contributed by atoms with E-state index in [1.807, 2.05) is 16.6 Å². The lowest BCUT2D eigenvalue weighted by Crippen LogP contribution is -3.15. The maximum Gasteiger partial charge on any atom is 0.166 e. The van der Waals surface area contributed by atoms with Crippen molar-refractivity contribution in [1.29, 1.82) is 0 Å². The fourth-order valence-corrected chi connectivity index (χ4v) is 4.58. The zero-order chi connectivity index (χ0) is 21.9. The lowest BCUT2D eigenvalue weighted by molar-refractivity contribution is -0.900. The third kappa shape index (κ3) is 3.99. The summed E-state index contributed by atoms with van der Waals surface area (Å²) in [4.78, 5) is 9.16. The van der Waals surface area contributed by atoms with Crippen LogP contribution in [-0.4, -0.2) is 61.0 Å². The molecule has 32 heavy (non-hydrogen) atoms. The number of ether oxygens (including phenoxy) is 1. The molecule has 2 aromatic carbocycles. The fraction of sp³-hybridized carbons (Fsp3) is 0.308. The van der Waals surface area contributed by atoms with Crippen LogP contribution >= 0.6 is 0 Å². The van der Waals surface area contributed by atoms with E-state index >= 15 is 0 Å². The number of methoxy groups -OCH3 is 1. The van der Waals surface area contributed by atoms with Gasteiger partial charge in [0.1, 0.15) is 12.4 Å². The lowest BCUT2D eigenvalue weighted by atomic mass is 10.1. The van der Waals surface area contributed by atoms with E-state index in [-0.39, 0.29) is 0 Å². The van der Waals surface area contributed by atoms with Crippen LogP contribution in [0.25, 0.3) is 28.0 Å². The van der Waals surface area contributed by atoms with E-state index in [9.17, 15) is 0 Å². The first-order valence-corrected chi connectivity index (χ1v) is 11.3. The summed E-state index contributed by atoms with van der Waals surface area (Å²) in [5.74, 6) is 1.12. The Morgan fingerprint density at radius 1 is 0.938 bits per heavy atom.